The minimum Gasteiger partial charge on any atom is -0.348 e. The summed E-state index contributed by atoms with van der Waals surface area (Å²) in [4.78, 5) is 15.9. The molecule has 24 heavy (non-hydrogen) atoms. The van der Waals surface area contributed by atoms with Crippen molar-refractivity contribution in [3.63, 3.8) is 0 Å². The quantitative estimate of drug-likeness (QED) is 0.859. The van der Waals surface area contributed by atoms with E-state index in [1.807, 2.05) is 0 Å². The monoisotopic (exact) mass is 356 g/mol. The molecule has 0 saturated carbocycles. The molecule has 0 aliphatic rings. The minimum atomic E-state index is -3.09. The second-order valence-electron chi connectivity index (χ2n) is 5.61. The van der Waals surface area contributed by atoms with Crippen LogP contribution in [0.1, 0.15) is 5.56 Å². The molecule has 6 nitrogen and oxygen atoms in total. The van der Waals surface area contributed by atoms with E-state index in [0.29, 0.717) is 16.9 Å². The molecular formula is C15H19ClF2N6. The predicted octanol–water partition coefficient (Wildman–Crippen LogP) is 2.86. The molecule has 0 amide bonds. The molecule has 1 N–H and O–H groups in total. The zero-order valence-corrected chi connectivity index (χ0v) is 14.6. The lowest BCUT2D eigenvalue weighted by Gasteiger charge is -2.19. The Hall–Kier alpha value is -2.22. The zero-order valence-electron chi connectivity index (χ0n) is 13.9. The van der Waals surface area contributed by atoms with Crippen LogP contribution in [0.25, 0.3) is 0 Å². The van der Waals surface area contributed by atoms with Crippen molar-refractivity contribution in [2.75, 3.05) is 49.9 Å². The number of aromatic nitrogens is 3. The molecule has 0 atom stereocenters. The normalized spacial score (nSPS) is 11.3. The van der Waals surface area contributed by atoms with Crippen LogP contribution in [0.4, 0.5) is 26.6 Å². The van der Waals surface area contributed by atoms with Gasteiger partial charge in [-0.15, -0.1) is 0 Å². The van der Waals surface area contributed by atoms with Crippen LogP contribution < -0.4 is 15.1 Å². The van der Waals surface area contributed by atoms with Gasteiger partial charge in [0.15, 0.2) is 0 Å². The summed E-state index contributed by atoms with van der Waals surface area (Å²) in [6.07, 6.45) is 0. The van der Waals surface area contributed by atoms with E-state index in [9.17, 15) is 8.78 Å². The van der Waals surface area contributed by atoms with Gasteiger partial charge in [0.05, 0.1) is 6.54 Å². The van der Waals surface area contributed by atoms with Crippen molar-refractivity contribution < 1.29 is 8.78 Å². The van der Waals surface area contributed by atoms with E-state index in [0.717, 1.165) is 0 Å². The smallest absolute Gasteiger partial charge is 0.290 e. The van der Waals surface area contributed by atoms with Crippen LogP contribution in [0.2, 0.25) is 5.02 Å². The number of anilines is 3. The molecule has 1 aromatic heterocycles. The van der Waals surface area contributed by atoms with Gasteiger partial charge >= 0.3 is 0 Å². The maximum absolute atomic E-state index is 14.3. The van der Waals surface area contributed by atoms with Gasteiger partial charge in [0.25, 0.3) is 5.92 Å². The Morgan fingerprint density at radius 2 is 1.46 bits per heavy atom. The first-order valence-electron chi connectivity index (χ1n) is 7.17. The summed E-state index contributed by atoms with van der Waals surface area (Å²) in [5, 5.41) is 3.00. The highest BCUT2D eigenvalue weighted by atomic mass is 35.5. The molecular weight excluding hydrogens is 338 g/mol. The minimum absolute atomic E-state index is 0.0889. The first-order chi connectivity index (χ1) is 11.2. The molecule has 0 aliphatic heterocycles. The fraction of sp³-hybridized carbons (Fsp3) is 0.400. The average molecular weight is 357 g/mol. The van der Waals surface area contributed by atoms with Crippen molar-refractivity contribution in [2.45, 2.75) is 5.92 Å². The lowest BCUT2D eigenvalue weighted by molar-refractivity contribution is 0.0104. The number of nitrogens with one attached hydrogen (secondary N) is 1. The molecule has 0 aliphatic carbocycles. The third-order valence-corrected chi connectivity index (χ3v) is 3.40. The van der Waals surface area contributed by atoms with Crippen molar-refractivity contribution >= 4 is 29.4 Å². The maximum atomic E-state index is 14.3. The molecule has 0 fully saturated rings. The largest absolute Gasteiger partial charge is 0.348 e. The van der Waals surface area contributed by atoms with Crippen LogP contribution in [0.5, 0.6) is 0 Å². The number of benzene rings is 1. The van der Waals surface area contributed by atoms with E-state index in [1.54, 1.807) is 38.0 Å². The van der Waals surface area contributed by atoms with Crippen LogP contribution in [-0.2, 0) is 5.92 Å². The summed E-state index contributed by atoms with van der Waals surface area (Å²) in [5.74, 6) is -2.24. The summed E-state index contributed by atoms with van der Waals surface area (Å²) >= 11 is 5.73. The Kier molecular flexibility index (Phi) is 5.38. The standard InChI is InChI=1S/C15H19ClF2N6/c1-23(2)13-20-12(21-14(22-13)24(3)4)19-9-15(17,18)10-5-7-11(16)8-6-10/h5-8H,9H2,1-4H3,(H,19,20,21,22). The fourth-order valence-electron chi connectivity index (χ4n) is 1.82. The summed E-state index contributed by atoms with van der Waals surface area (Å²) in [6.45, 7) is -0.640. The summed E-state index contributed by atoms with van der Waals surface area (Å²) in [6, 6.07) is 5.46. The highest BCUT2D eigenvalue weighted by Gasteiger charge is 2.31. The maximum Gasteiger partial charge on any atom is 0.290 e. The average Bonchev–Trinajstić information content (AvgIpc) is 2.53. The van der Waals surface area contributed by atoms with Crippen LogP contribution in [0, 0.1) is 0 Å². The first kappa shape index (κ1) is 18.1. The Balaban J connectivity index is 2.19. The van der Waals surface area contributed by atoms with Gasteiger partial charge in [-0.2, -0.15) is 23.7 Å². The molecule has 2 rings (SSSR count). The molecule has 0 spiro atoms. The topological polar surface area (TPSA) is 57.2 Å². The Labute approximate surface area is 144 Å². The fourth-order valence-corrected chi connectivity index (χ4v) is 1.94. The number of rotatable bonds is 6. The van der Waals surface area contributed by atoms with Gasteiger partial charge < -0.3 is 15.1 Å². The van der Waals surface area contributed by atoms with E-state index in [2.05, 4.69) is 20.3 Å². The van der Waals surface area contributed by atoms with Gasteiger partial charge in [0.1, 0.15) is 0 Å². The molecule has 1 aromatic carbocycles. The SMILES string of the molecule is CN(C)c1nc(NCC(F)(F)c2ccc(Cl)cc2)nc(N(C)C)n1. The summed E-state index contributed by atoms with van der Waals surface area (Å²) in [5.41, 5.74) is -0.130. The molecule has 0 radical (unpaired) electrons. The van der Waals surface area contributed by atoms with Crippen LogP contribution >= 0.6 is 11.6 Å². The lowest BCUT2D eigenvalue weighted by atomic mass is 10.1. The van der Waals surface area contributed by atoms with Gasteiger partial charge in [-0.25, -0.2) is 0 Å². The van der Waals surface area contributed by atoms with E-state index in [1.165, 1.54) is 24.3 Å². The third-order valence-electron chi connectivity index (χ3n) is 3.15. The van der Waals surface area contributed by atoms with Crippen molar-refractivity contribution in [3.05, 3.63) is 34.9 Å². The van der Waals surface area contributed by atoms with E-state index in [-0.39, 0.29) is 11.5 Å². The van der Waals surface area contributed by atoms with Gasteiger partial charge in [-0.1, -0.05) is 23.7 Å². The predicted molar refractivity (Wildman–Crippen MR) is 92.3 cm³/mol. The summed E-state index contributed by atoms with van der Waals surface area (Å²) < 4.78 is 28.6. The van der Waals surface area contributed by atoms with Gasteiger partial charge in [-0.3, -0.25) is 0 Å². The van der Waals surface area contributed by atoms with Gasteiger partial charge in [0.2, 0.25) is 17.8 Å². The molecule has 2 aromatic rings. The van der Waals surface area contributed by atoms with Crippen LogP contribution in [-0.4, -0.2) is 49.7 Å². The molecule has 9 heteroatoms. The molecule has 130 valence electrons. The van der Waals surface area contributed by atoms with E-state index < -0.39 is 12.5 Å². The van der Waals surface area contributed by atoms with Crippen molar-refractivity contribution in [2.24, 2.45) is 0 Å². The zero-order chi connectivity index (χ0) is 17.9. The number of alkyl halides is 2. The second-order valence-corrected chi connectivity index (χ2v) is 6.05. The van der Waals surface area contributed by atoms with E-state index >= 15 is 0 Å². The summed E-state index contributed by atoms with van der Waals surface area (Å²) in [7, 11) is 7.06. The molecule has 0 bridgehead atoms. The van der Waals surface area contributed by atoms with Gasteiger partial charge in [-0.05, 0) is 12.1 Å². The van der Waals surface area contributed by atoms with Crippen molar-refractivity contribution in [1.29, 1.82) is 0 Å². The highest BCUT2D eigenvalue weighted by molar-refractivity contribution is 6.30. The first-order valence-corrected chi connectivity index (χ1v) is 7.55. The van der Waals surface area contributed by atoms with Crippen molar-refractivity contribution in [1.82, 2.24) is 15.0 Å². The number of nitrogens with zero attached hydrogens (tertiary/aromatic N) is 5. The Morgan fingerprint density at radius 1 is 0.958 bits per heavy atom. The van der Waals surface area contributed by atoms with Crippen LogP contribution in [0.15, 0.2) is 24.3 Å². The Morgan fingerprint density at radius 3 is 1.92 bits per heavy atom. The highest BCUT2D eigenvalue weighted by Crippen LogP contribution is 2.29. The number of hydrogen-bond acceptors (Lipinski definition) is 6. The lowest BCUT2D eigenvalue weighted by Crippen LogP contribution is -2.27. The Bertz CT molecular complexity index is 665. The second kappa shape index (κ2) is 7.12. The molecule has 1 heterocycles. The van der Waals surface area contributed by atoms with Crippen LogP contribution in [0.3, 0.4) is 0 Å². The van der Waals surface area contributed by atoms with E-state index in [4.69, 9.17) is 11.6 Å². The third kappa shape index (κ3) is 4.41. The number of hydrogen-bond donors (Lipinski definition) is 1. The number of halogens is 3. The van der Waals surface area contributed by atoms with Crippen molar-refractivity contribution in [3.8, 4) is 0 Å². The molecule has 0 unspecified atom stereocenters. The molecule has 0 saturated heterocycles. The van der Waals surface area contributed by atoms with Gasteiger partial charge in [0, 0.05) is 38.8 Å².